The number of benzene rings is 11. The monoisotopic (exact) mass is 995 g/mol. The highest BCUT2D eigenvalue weighted by molar-refractivity contribution is 6.17. The lowest BCUT2D eigenvalue weighted by atomic mass is 9.70. The predicted molar refractivity (Wildman–Crippen MR) is 323 cm³/mol. The van der Waals surface area contributed by atoms with Gasteiger partial charge >= 0.3 is 0 Å². The van der Waals surface area contributed by atoms with Crippen LogP contribution in [0.2, 0.25) is 0 Å². The molecule has 0 aliphatic heterocycles. The minimum absolute atomic E-state index is 0.582. The van der Waals surface area contributed by atoms with E-state index in [-0.39, 0.29) is 0 Å². The molecule has 11 aromatic carbocycles. The minimum Gasteiger partial charge on any atom is -0.309 e. The van der Waals surface area contributed by atoms with Gasteiger partial charge in [-0.15, -0.1) is 0 Å². The fourth-order valence-corrected chi connectivity index (χ4v) is 12.6. The first-order chi connectivity index (χ1) is 38.5. The first-order valence-electron chi connectivity index (χ1n) is 26.6. The van der Waals surface area contributed by atoms with Crippen LogP contribution in [0.15, 0.2) is 283 Å². The molecule has 2 aliphatic rings. The van der Waals surface area contributed by atoms with E-state index in [9.17, 15) is 0 Å². The van der Waals surface area contributed by atoms with E-state index in [1.165, 1.54) is 49.9 Å². The zero-order chi connectivity index (χ0) is 51.9. The van der Waals surface area contributed by atoms with Gasteiger partial charge in [-0.25, -0.2) is 15.0 Å². The van der Waals surface area contributed by atoms with Gasteiger partial charge < -0.3 is 4.57 Å². The third-order valence-corrected chi connectivity index (χ3v) is 16.1. The zero-order valence-electron chi connectivity index (χ0n) is 42.8. The summed E-state index contributed by atoms with van der Waals surface area (Å²) in [5.41, 5.74) is 23.8. The van der Waals surface area contributed by atoms with Crippen molar-refractivity contribution in [2.75, 3.05) is 0 Å². The smallest absolute Gasteiger partial charge is 0.160 e. The summed E-state index contributed by atoms with van der Waals surface area (Å²) in [5, 5.41) is 2.30. The highest BCUT2D eigenvalue weighted by Crippen LogP contribution is 2.63. The summed E-state index contributed by atoms with van der Waals surface area (Å²) in [5.74, 6) is 1.52. The van der Waals surface area contributed by atoms with Crippen LogP contribution in [0.3, 0.4) is 0 Å². The summed E-state index contributed by atoms with van der Waals surface area (Å²) in [6.07, 6.45) is 0. The number of nitrogens with zero attached hydrogens (tertiary/aromatic N) is 5. The van der Waals surface area contributed by atoms with Gasteiger partial charge in [-0.3, -0.25) is 4.57 Å². The van der Waals surface area contributed by atoms with Crippen LogP contribution < -0.4 is 0 Å². The fourth-order valence-electron chi connectivity index (χ4n) is 12.6. The second kappa shape index (κ2) is 18.0. The van der Waals surface area contributed by atoms with Gasteiger partial charge in [0.1, 0.15) is 5.82 Å². The summed E-state index contributed by atoms with van der Waals surface area (Å²) in [6.45, 7) is 6.61. The van der Waals surface area contributed by atoms with Gasteiger partial charge in [0, 0.05) is 39.0 Å². The summed E-state index contributed by atoms with van der Waals surface area (Å²) in [4.78, 5) is 15.9. The number of amidine groups is 1. The fraction of sp³-hybridized carbons (Fsp3) is 0.0274. The van der Waals surface area contributed by atoms with E-state index in [0.29, 0.717) is 11.5 Å². The van der Waals surface area contributed by atoms with Gasteiger partial charge in [0.25, 0.3) is 0 Å². The number of fused-ring (bicyclic) bond motifs is 14. The SMILES string of the molecule is C=C(/N=C(\N=C(/C)c1ccc2c(c1)C1(c3ccccc3-2)c2ccccc2-c2ccc(-c3ccc(-n4c(-c5ccccc5)nc5ccccc54)cc3)cc21)c1ccc2c(c1)c1ccccc1n2-c1ccccc1)c1ccccc1. The standard InChI is InChI=1S/C73H49N5/c1-47(49-20-6-3-7-21-49)74-71(54-38-43-69-62(44-54)61-28-14-18-32-68(61)77(69)55-24-10-5-11-25-55)75-48(2)52-36-41-59-57-26-12-15-29-63(57)73(65(59)45-52)64-30-16-13-27-58(64)60-42-37-53(46-66(60)73)50-34-39-56(40-35-50)78-70-33-19-17-31-67(70)76-72(78)51-22-8-4-9-23-51/h3-46H,1H2,2H3/b74-71-,75-48+. The van der Waals surface area contributed by atoms with Crippen LogP contribution in [-0.2, 0) is 5.41 Å². The van der Waals surface area contributed by atoms with E-state index in [1.807, 2.05) is 24.3 Å². The molecule has 0 saturated carbocycles. The molecule has 0 N–H and O–H groups in total. The Morgan fingerprint density at radius 1 is 0.385 bits per heavy atom. The van der Waals surface area contributed by atoms with E-state index in [2.05, 4.69) is 265 Å². The molecule has 1 atom stereocenters. The van der Waals surface area contributed by atoms with Gasteiger partial charge in [0.2, 0.25) is 0 Å². The van der Waals surface area contributed by atoms with Gasteiger partial charge in [-0.1, -0.05) is 201 Å². The molecular weight excluding hydrogens is 947 g/mol. The van der Waals surface area contributed by atoms with Crippen molar-refractivity contribution in [3.8, 4) is 56.1 Å². The molecule has 5 nitrogen and oxygen atoms in total. The summed E-state index contributed by atoms with van der Waals surface area (Å²) < 4.78 is 4.61. The summed E-state index contributed by atoms with van der Waals surface area (Å²) >= 11 is 0. The van der Waals surface area contributed by atoms with Crippen molar-refractivity contribution in [1.29, 1.82) is 0 Å². The second-order valence-electron chi connectivity index (χ2n) is 20.4. The first kappa shape index (κ1) is 45.2. The number of para-hydroxylation sites is 4. The molecule has 1 spiro atoms. The maximum atomic E-state index is 5.52. The predicted octanol–water partition coefficient (Wildman–Crippen LogP) is 17.7. The van der Waals surface area contributed by atoms with Crippen LogP contribution in [0.1, 0.15) is 45.9 Å². The molecule has 5 heteroatoms. The molecule has 0 fully saturated rings. The quantitative estimate of drug-likeness (QED) is 0.111. The zero-order valence-corrected chi connectivity index (χ0v) is 42.8. The average molecular weight is 996 g/mol. The lowest BCUT2D eigenvalue weighted by Crippen LogP contribution is -2.26. The Balaban J connectivity index is 0.869. The number of aliphatic imine (C=N–C) groups is 2. The third-order valence-electron chi connectivity index (χ3n) is 16.1. The van der Waals surface area contributed by atoms with E-state index in [0.717, 1.165) is 83.7 Å². The molecule has 0 radical (unpaired) electrons. The Morgan fingerprint density at radius 3 is 1.68 bits per heavy atom. The molecule has 15 rings (SSSR count). The van der Waals surface area contributed by atoms with Gasteiger partial charge in [-0.2, -0.15) is 0 Å². The Bertz CT molecular complexity index is 4600. The molecule has 2 aliphatic carbocycles. The van der Waals surface area contributed by atoms with Crippen LogP contribution in [0, 0.1) is 0 Å². The number of hydrogen-bond acceptors (Lipinski definition) is 2. The first-order valence-corrected chi connectivity index (χ1v) is 26.6. The molecule has 2 aromatic heterocycles. The summed E-state index contributed by atoms with van der Waals surface area (Å²) in [7, 11) is 0. The molecule has 0 amide bonds. The molecular formula is C73H49N5. The summed E-state index contributed by atoms with van der Waals surface area (Å²) in [6, 6.07) is 95.9. The molecule has 78 heavy (non-hydrogen) atoms. The molecule has 366 valence electrons. The normalized spacial score (nSPS) is 14.5. The van der Waals surface area contributed by atoms with E-state index >= 15 is 0 Å². The van der Waals surface area contributed by atoms with Gasteiger partial charge in [0.15, 0.2) is 5.84 Å². The van der Waals surface area contributed by atoms with Crippen molar-refractivity contribution in [2.45, 2.75) is 12.3 Å². The molecule has 13 aromatic rings. The van der Waals surface area contributed by atoms with Crippen molar-refractivity contribution >= 4 is 50.1 Å². The molecule has 0 bridgehead atoms. The topological polar surface area (TPSA) is 47.5 Å². The number of imidazole rings is 1. The number of hydrogen-bond donors (Lipinski definition) is 0. The van der Waals surface area contributed by atoms with Crippen LogP contribution in [0.5, 0.6) is 0 Å². The van der Waals surface area contributed by atoms with Crippen LogP contribution >= 0.6 is 0 Å². The van der Waals surface area contributed by atoms with Crippen LogP contribution in [0.4, 0.5) is 0 Å². The maximum Gasteiger partial charge on any atom is 0.160 e. The van der Waals surface area contributed by atoms with E-state index in [1.54, 1.807) is 0 Å². The number of rotatable bonds is 8. The van der Waals surface area contributed by atoms with Crippen molar-refractivity contribution in [3.63, 3.8) is 0 Å². The Labute approximate surface area is 452 Å². The van der Waals surface area contributed by atoms with E-state index in [4.69, 9.17) is 15.0 Å². The van der Waals surface area contributed by atoms with E-state index < -0.39 is 5.41 Å². The third kappa shape index (κ3) is 6.98. The van der Waals surface area contributed by atoms with Crippen molar-refractivity contribution in [2.24, 2.45) is 9.98 Å². The molecule has 0 saturated heterocycles. The van der Waals surface area contributed by atoms with Crippen LogP contribution in [0.25, 0.3) is 94.7 Å². The largest absolute Gasteiger partial charge is 0.309 e. The number of aromatic nitrogens is 3. The van der Waals surface area contributed by atoms with Gasteiger partial charge in [-0.05, 0) is 146 Å². The highest BCUT2D eigenvalue weighted by atomic mass is 15.1. The molecule has 2 heterocycles. The van der Waals surface area contributed by atoms with Crippen LogP contribution in [-0.4, -0.2) is 25.7 Å². The van der Waals surface area contributed by atoms with Crippen molar-refractivity contribution in [1.82, 2.24) is 14.1 Å². The second-order valence-corrected chi connectivity index (χ2v) is 20.4. The molecule has 1 unspecified atom stereocenters. The Kier molecular flexibility index (Phi) is 10.4. The minimum atomic E-state index is -0.582. The average Bonchev–Trinajstić information content (AvgIpc) is 3.96. The lowest BCUT2D eigenvalue weighted by molar-refractivity contribution is 0.794. The van der Waals surface area contributed by atoms with Crippen molar-refractivity contribution in [3.05, 3.63) is 312 Å². The van der Waals surface area contributed by atoms with Gasteiger partial charge in [0.05, 0.1) is 33.2 Å². The highest BCUT2D eigenvalue weighted by Gasteiger charge is 2.51. The van der Waals surface area contributed by atoms with Crippen molar-refractivity contribution < 1.29 is 0 Å². The Morgan fingerprint density at radius 2 is 0.936 bits per heavy atom. The maximum absolute atomic E-state index is 5.52. The lowest BCUT2D eigenvalue weighted by Gasteiger charge is -2.31. The Hall–Kier alpha value is -10.2.